The Morgan fingerprint density at radius 3 is 2.59 bits per heavy atom. The summed E-state index contributed by atoms with van der Waals surface area (Å²) in [6.45, 7) is 6.15. The van der Waals surface area contributed by atoms with Crippen LogP contribution in [0.5, 0.6) is 11.5 Å². The van der Waals surface area contributed by atoms with Gasteiger partial charge < -0.3 is 14.7 Å². The Bertz CT molecular complexity index is 400. The van der Waals surface area contributed by atoms with Gasteiger partial charge in [-0.05, 0) is 39.0 Å². The second-order valence-corrected chi connectivity index (χ2v) is 3.93. The number of hydroxylamine groups is 1. The fourth-order valence-electron chi connectivity index (χ4n) is 1.34. The quantitative estimate of drug-likeness (QED) is 0.342. The highest BCUT2D eigenvalue weighted by Crippen LogP contribution is 2.27. The minimum Gasteiger partial charge on any atom is -0.624 e. The highest BCUT2D eigenvalue weighted by molar-refractivity contribution is 5.77. The molecule has 0 saturated heterocycles. The van der Waals surface area contributed by atoms with Gasteiger partial charge in [0.1, 0.15) is 0 Å². The molecule has 0 bridgehead atoms. The molecule has 17 heavy (non-hydrogen) atoms. The average molecular weight is 237 g/mol. The predicted molar refractivity (Wildman–Crippen MR) is 68.1 cm³/mol. The van der Waals surface area contributed by atoms with Crippen molar-refractivity contribution in [1.29, 1.82) is 0 Å². The van der Waals surface area contributed by atoms with Crippen molar-refractivity contribution in [2.75, 3.05) is 13.7 Å². The van der Waals surface area contributed by atoms with E-state index in [0.717, 1.165) is 10.3 Å². The zero-order valence-electron chi connectivity index (χ0n) is 10.8. The summed E-state index contributed by atoms with van der Waals surface area (Å²) in [6, 6.07) is 5.35. The molecule has 0 aliphatic heterocycles. The lowest BCUT2D eigenvalue weighted by Gasteiger charge is -2.10. The van der Waals surface area contributed by atoms with Gasteiger partial charge in [0.05, 0.1) is 13.7 Å². The maximum absolute atomic E-state index is 11.5. The molecule has 4 nitrogen and oxygen atoms in total. The molecule has 0 atom stereocenters. The van der Waals surface area contributed by atoms with E-state index in [1.807, 2.05) is 26.8 Å². The third-order valence-corrected chi connectivity index (χ3v) is 2.27. The van der Waals surface area contributed by atoms with Crippen molar-refractivity contribution in [2.45, 2.75) is 26.8 Å². The highest BCUT2D eigenvalue weighted by atomic mass is 16.5. The summed E-state index contributed by atoms with van der Waals surface area (Å²) in [5, 5.41) is 11.5. The topological polar surface area (TPSA) is 44.5 Å². The van der Waals surface area contributed by atoms with Crippen molar-refractivity contribution < 1.29 is 14.2 Å². The van der Waals surface area contributed by atoms with Crippen LogP contribution in [0.4, 0.5) is 0 Å². The predicted octanol–water partition coefficient (Wildman–Crippen LogP) is 2.43. The van der Waals surface area contributed by atoms with Gasteiger partial charge in [0.15, 0.2) is 23.8 Å². The van der Waals surface area contributed by atoms with Gasteiger partial charge in [-0.25, -0.2) is 4.74 Å². The molecule has 0 heterocycles. The molecule has 0 unspecified atom stereocenters. The maximum atomic E-state index is 11.5. The van der Waals surface area contributed by atoms with Crippen molar-refractivity contribution in [3.63, 3.8) is 0 Å². The SMILES string of the molecule is CCOc1cc(/C=[N+](\[O-])C(C)C)ccc1OC. The summed E-state index contributed by atoms with van der Waals surface area (Å²) >= 11 is 0. The monoisotopic (exact) mass is 237 g/mol. The summed E-state index contributed by atoms with van der Waals surface area (Å²) in [4.78, 5) is 0. The normalized spacial score (nSPS) is 11.7. The van der Waals surface area contributed by atoms with Gasteiger partial charge in [-0.3, -0.25) is 0 Å². The van der Waals surface area contributed by atoms with Gasteiger partial charge in [0.2, 0.25) is 0 Å². The summed E-state index contributed by atoms with van der Waals surface area (Å²) in [6.07, 6.45) is 1.55. The number of ether oxygens (including phenoxy) is 2. The van der Waals surface area contributed by atoms with Crippen molar-refractivity contribution in [1.82, 2.24) is 0 Å². The van der Waals surface area contributed by atoms with Gasteiger partial charge in [-0.2, -0.15) is 0 Å². The van der Waals surface area contributed by atoms with Crippen LogP contribution in [0.1, 0.15) is 26.3 Å². The number of benzene rings is 1. The van der Waals surface area contributed by atoms with E-state index in [0.29, 0.717) is 18.1 Å². The second-order valence-electron chi connectivity index (χ2n) is 3.93. The number of rotatable bonds is 5. The van der Waals surface area contributed by atoms with Crippen LogP contribution in [-0.4, -0.2) is 30.7 Å². The average Bonchev–Trinajstić information content (AvgIpc) is 2.29. The highest BCUT2D eigenvalue weighted by Gasteiger charge is 2.07. The molecule has 1 aromatic rings. The van der Waals surface area contributed by atoms with Gasteiger partial charge in [-0.15, -0.1) is 0 Å². The van der Waals surface area contributed by atoms with Crippen LogP contribution in [-0.2, 0) is 0 Å². The fraction of sp³-hybridized carbons (Fsp3) is 0.462. The molecule has 1 aromatic carbocycles. The van der Waals surface area contributed by atoms with Crippen LogP contribution in [0.2, 0.25) is 0 Å². The maximum Gasteiger partial charge on any atom is 0.182 e. The van der Waals surface area contributed by atoms with Gasteiger partial charge in [0.25, 0.3) is 0 Å². The van der Waals surface area contributed by atoms with Crippen LogP contribution < -0.4 is 9.47 Å². The Balaban J connectivity index is 3.03. The smallest absolute Gasteiger partial charge is 0.182 e. The van der Waals surface area contributed by atoms with E-state index < -0.39 is 0 Å². The Morgan fingerprint density at radius 2 is 2.06 bits per heavy atom. The first kappa shape index (κ1) is 13.4. The largest absolute Gasteiger partial charge is 0.624 e. The molecule has 0 aromatic heterocycles. The lowest BCUT2D eigenvalue weighted by molar-refractivity contribution is -0.487. The lowest BCUT2D eigenvalue weighted by atomic mass is 10.2. The number of methoxy groups -OCH3 is 1. The Kier molecular flexibility index (Phi) is 4.82. The molecular weight excluding hydrogens is 218 g/mol. The van der Waals surface area contributed by atoms with Gasteiger partial charge in [0, 0.05) is 5.56 Å². The van der Waals surface area contributed by atoms with E-state index in [1.54, 1.807) is 25.5 Å². The molecule has 0 fully saturated rings. The number of hydrogen-bond acceptors (Lipinski definition) is 3. The molecule has 0 aliphatic rings. The third-order valence-electron chi connectivity index (χ3n) is 2.27. The first-order chi connectivity index (χ1) is 8.08. The van der Waals surface area contributed by atoms with Crippen molar-refractivity contribution in [3.05, 3.63) is 29.0 Å². The van der Waals surface area contributed by atoms with Crippen LogP contribution >= 0.6 is 0 Å². The van der Waals surface area contributed by atoms with Gasteiger partial charge in [-0.1, -0.05) is 0 Å². The van der Waals surface area contributed by atoms with E-state index in [2.05, 4.69) is 0 Å². The van der Waals surface area contributed by atoms with Crippen LogP contribution in [0.3, 0.4) is 0 Å². The van der Waals surface area contributed by atoms with Gasteiger partial charge >= 0.3 is 0 Å². The Morgan fingerprint density at radius 1 is 1.35 bits per heavy atom. The zero-order chi connectivity index (χ0) is 12.8. The van der Waals surface area contributed by atoms with E-state index in [4.69, 9.17) is 9.47 Å². The number of hydrogen-bond donors (Lipinski definition) is 0. The molecule has 0 radical (unpaired) electrons. The van der Waals surface area contributed by atoms with E-state index in [1.165, 1.54) is 0 Å². The third kappa shape index (κ3) is 3.66. The van der Waals surface area contributed by atoms with Crippen LogP contribution in [0.25, 0.3) is 0 Å². The van der Waals surface area contributed by atoms with Crippen LogP contribution in [0, 0.1) is 5.21 Å². The summed E-state index contributed by atoms with van der Waals surface area (Å²) in [5.74, 6) is 1.33. The molecule has 0 N–H and O–H groups in total. The fourth-order valence-corrected chi connectivity index (χ4v) is 1.34. The standard InChI is InChI=1S/C13H19NO3/c1-5-17-13-8-11(6-7-12(13)16-4)9-14(15)10(2)3/h6-10H,5H2,1-4H3/b14-9-. The van der Waals surface area contributed by atoms with E-state index in [9.17, 15) is 5.21 Å². The minimum atomic E-state index is -0.0763. The van der Waals surface area contributed by atoms with Crippen molar-refractivity contribution in [3.8, 4) is 11.5 Å². The molecular formula is C13H19NO3. The second kappa shape index (κ2) is 6.13. The number of nitrogens with zero attached hydrogens (tertiary/aromatic N) is 1. The molecule has 0 saturated carbocycles. The lowest BCUT2D eigenvalue weighted by Crippen LogP contribution is -2.15. The van der Waals surface area contributed by atoms with E-state index in [-0.39, 0.29) is 6.04 Å². The molecule has 4 heteroatoms. The van der Waals surface area contributed by atoms with Crippen LogP contribution in [0.15, 0.2) is 18.2 Å². The molecule has 0 amide bonds. The zero-order valence-corrected chi connectivity index (χ0v) is 10.8. The van der Waals surface area contributed by atoms with E-state index >= 15 is 0 Å². The minimum absolute atomic E-state index is 0.0763. The Hall–Kier alpha value is -1.71. The Labute approximate surface area is 102 Å². The molecule has 1 rings (SSSR count). The summed E-state index contributed by atoms with van der Waals surface area (Å²) < 4.78 is 11.5. The first-order valence-corrected chi connectivity index (χ1v) is 5.69. The molecule has 0 spiro atoms. The van der Waals surface area contributed by atoms with Crippen molar-refractivity contribution in [2.24, 2.45) is 0 Å². The summed E-state index contributed by atoms with van der Waals surface area (Å²) in [5.41, 5.74) is 0.804. The molecule has 0 aliphatic carbocycles. The molecule has 94 valence electrons. The first-order valence-electron chi connectivity index (χ1n) is 5.69. The van der Waals surface area contributed by atoms with Crippen molar-refractivity contribution >= 4 is 6.21 Å². The summed E-state index contributed by atoms with van der Waals surface area (Å²) in [7, 11) is 1.59.